The van der Waals surface area contributed by atoms with E-state index in [1.807, 2.05) is 0 Å². The first-order valence-electron chi connectivity index (χ1n) is 7.77. The van der Waals surface area contributed by atoms with Crippen molar-refractivity contribution in [2.75, 3.05) is 32.7 Å². The molecule has 1 saturated carbocycles. The molecule has 1 fully saturated rings. The lowest BCUT2D eigenvalue weighted by molar-refractivity contribution is 0.108. The molecule has 3 unspecified atom stereocenters. The minimum atomic E-state index is 0.185. The third-order valence-corrected chi connectivity index (χ3v) is 5.17. The summed E-state index contributed by atoms with van der Waals surface area (Å²) in [6, 6.07) is 0. The summed E-state index contributed by atoms with van der Waals surface area (Å²) in [5.41, 5.74) is 6.28. The second-order valence-corrected chi connectivity index (χ2v) is 5.97. The van der Waals surface area contributed by atoms with Crippen molar-refractivity contribution in [2.24, 2.45) is 17.6 Å². The lowest BCUT2D eigenvalue weighted by Gasteiger charge is -2.46. The van der Waals surface area contributed by atoms with Crippen molar-refractivity contribution in [2.45, 2.75) is 52.5 Å². The molecule has 0 radical (unpaired) electrons. The number of likely N-dealkylation sites (N-methyl/N-ethyl adjacent to an activating group) is 1. The molecular formula is C15H33N3. The van der Waals surface area contributed by atoms with E-state index in [0.717, 1.165) is 38.6 Å². The van der Waals surface area contributed by atoms with Gasteiger partial charge in [0, 0.05) is 25.2 Å². The first-order valence-corrected chi connectivity index (χ1v) is 7.77. The lowest BCUT2D eigenvalue weighted by Crippen LogP contribution is -2.60. The normalized spacial score (nSPS) is 33.0. The SMILES string of the molecule is CCN(CC)CCNC1(CN)CCCC(C)C1C. The van der Waals surface area contributed by atoms with E-state index in [9.17, 15) is 0 Å². The highest BCUT2D eigenvalue weighted by Gasteiger charge is 2.39. The number of nitrogens with two attached hydrogens (primary N) is 1. The average molecular weight is 255 g/mol. The van der Waals surface area contributed by atoms with Crippen molar-refractivity contribution in [3.05, 3.63) is 0 Å². The molecular weight excluding hydrogens is 222 g/mol. The van der Waals surface area contributed by atoms with Gasteiger partial charge in [-0.3, -0.25) is 0 Å². The summed E-state index contributed by atoms with van der Waals surface area (Å²) in [5.74, 6) is 1.48. The van der Waals surface area contributed by atoms with Gasteiger partial charge in [-0.1, -0.05) is 40.5 Å². The van der Waals surface area contributed by atoms with Crippen molar-refractivity contribution < 1.29 is 0 Å². The van der Waals surface area contributed by atoms with Crippen molar-refractivity contribution in [1.82, 2.24) is 10.2 Å². The van der Waals surface area contributed by atoms with E-state index in [4.69, 9.17) is 5.73 Å². The van der Waals surface area contributed by atoms with Gasteiger partial charge in [-0.2, -0.15) is 0 Å². The third-order valence-electron chi connectivity index (χ3n) is 5.17. The van der Waals surface area contributed by atoms with Gasteiger partial charge >= 0.3 is 0 Å². The van der Waals surface area contributed by atoms with Crippen molar-refractivity contribution in [3.8, 4) is 0 Å². The van der Waals surface area contributed by atoms with Gasteiger partial charge in [0.15, 0.2) is 0 Å². The van der Waals surface area contributed by atoms with Crippen molar-refractivity contribution in [3.63, 3.8) is 0 Å². The lowest BCUT2D eigenvalue weighted by atomic mass is 9.68. The summed E-state index contributed by atoms with van der Waals surface area (Å²) in [5, 5.41) is 3.80. The van der Waals surface area contributed by atoms with Gasteiger partial charge in [0.2, 0.25) is 0 Å². The van der Waals surface area contributed by atoms with Crippen LogP contribution < -0.4 is 11.1 Å². The molecule has 0 aromatic carbocycles. The van der Waals surface area contributed by atoms with E-state index >= 15 is 0 Å². The topological polar surface area (TPSA) is 41.3 Å². The van der Waals surface area contributed by atoms with Crippen LogP contribution in [0.3, 0.4) is 0 Å². The Morgan fingerprint density at radius 1 is 1.28 bits per heavy atom. The van der Waals surface area contributed by atoms with Crippen LogP contribution >= 0.6 is 0 Å². The monoisotopic (exact) mass is 255 g/mol. The Kier molecular flexibility index (Phi) is 6.61. The van der Waals surface area contributed by atoms with E-state index in [1.165, 1.54) is 19.3 Å². The van der Waals surface area contributed by atoms with E-state index in [1.54, 1.807) is 0 Å². The van der Waals surface area contributed by atoms with Crippen LogP contribution in [-0.2, 0) is 0 Å². The number of hydrogen-bond donors (Lipinski definition) is 2. The van der Waals surface area contributed by atoms with Gasteiger partial charge < -0.3 is 16.0 Å². The molecule has 0 aliphatic heterocycles. The van der Waals surface area contributed by atoms with Crippen LogP contribution in [0.25, 0.3) is 0 Å². The summed E-state index contributed by atoms with van der Waals surface area (Å²) in [7, 11) is 0. The highest BCUT2D eigenvalue weighted by molar-refractivity contribution is 4.98. The summed E-state index contributed by atoms with van der Waals surface area (Å²) >= 11 is 0. The summed E-state index contributed by atoms with van der Waals surface area (Å²) in [4.78, 5) is 2.47. The zero-order chi connectivity index (χ0) is 13.6. The van der Waals surface area contributed by atoms with Gasteiger partial charge in [0.1, 0.15) is 0 Å². The molecule has 18 heavy (non-hydrogen) atoms. The minimum Gasteiger partial charge on any atom is -0.329 e. The molecule has 0 saturated heterocycles. The number of nitrogens with zero attached hydrogens (tertiary/aromatic N) is 1. The van der Waals surface area contributed by atoms with Crippen LogP contribution in [0.4, 0.5) is 0 Å². The zero-order valence-corrected chi connectivity index (χ0v) is 12.8. The quantitative estimate of drug-likeness (QED) is 0.732. The summed E-state index contributed by atoms with van der Waals surface area (Å²) in [6.45, 7) is 14.5. The van der Waals surface area contributed by atoms with Gasteiger partial charge in [0.25, 0.3) is 0 Å². The predicted octanol–water partition coefficient (Wildman–Crippen LogP) is 2.07. The van der Waals surface area contributed by atoms with E-state index in [0.29, 0.717) is 5.92 Å². The molecule has 1 aliphatic carbocycles. The molecule has 0 amide bonds. The van der Waals surface area contributed by atoms with Gasteiger partial charge in [0.05, 0.1) is 0 Å². The van der Waals surface area contributed by atoms with Gasteiger partial charge in [-0.05, 0) is 31.3 Å². The first-order chi connectivity index (χ1) is 8.59. The van der Waals surface area contributed by atoms with Crippen molar-refractivity contribution >= 4 is 0 Å². The maximum absolute atomic E-state index is 6.10. The second kappa shape index (κ2) is 7.46. The van der Waals surface area contributed by atoms with Crippen LogP contribution in [0.1, 0.15) is 47.0 Å². The summed E-state index contributed by atoms with van der Waals surface area (Å²) in [6.07, 6.45) is 3.93. The Labute approximate surface area is 113 Å². The fraction of sp³-hybridized carbons (Fsp3) is 1.00. The molecule has 3 heteroatoms. The fourth-order valence-electron chi connectivity index (χ4n) is 3.37. The smallest absolute Gasteiger partial charge is 0.0332 e. The molecule has 108 valence electrons. The van der Waals surface area contributed by atoms with Crippen LogP contribution in [-0.4, -0.2) is 43.2 Å². The summed E-state index contributed by atoms with van der Waals surface area (Å²) < 4.78 is 0. The van der Waals surface area contributed by atoms with E-state index in [2.05, 4.69) is 37.9 Å². The Morgan fingerprint density at radius 2 is 1.94 bits per heavy atom. The second-order valence-electron chi connectivity index (χ2n) is 5.97. The Morgan fingerprint density at radius 3 is 2.50 bits per heavy atom. The van der Waals surface area contributed by atoms with Crippen LogP contribution in [0.15, 0.2) is 0 Å². The van der Waals surface area contributed by atoms with Gasteiger partial charge in [-0.25, -0.2) is 0 Å². The number of hydrogen-bond acceptors (Lipinski definition) is 3. The van der Waals surface area contributed by atoms with Crippen LogP contribution in [0, 0.1) is 11.8 Å². The number of rotatable bonds is 7. The molecule has 1 rings (SSSR count). The zero-order valence-electron chi connectivity index (χ0n) is 12.8. The molecule has 3 atom stereocenters. The van der Waals surface area contributed by atoms with Gasteiger partial charge in [-0.15, -0.1) is 0 Å². The fourth-order valence-corrected chi connectivity index (χ4v) is 3.37. The van der Waals surface area contributed by atoms with Crippen molar-refractivity contribution in [1.29, 1.82) is 0 Å². The standard InChI is InChI=1S/C15H33N3/c1-5-18(6-2)11-10-17-15(12-16)9-7-8-13(3)14(15)4/h13-14,17H,5-12,16H2,1-4H3. The molecule has 0 spiro atoms. The minimum absolute atomic E-state index is 0.185. The number of nitrogens with one attached hydrogen (secondary N) is 1. The highest BCUT2D eigenvalue weighted by atomic mass is 15.1. The maximum atomic E-state index is 6.10. The average Bonchev–Trinajstić information content (AvgIpc) is 2.40. The molecule has 0 aromatic heterocycles. The largest absolute Gasteiger partial charge is 0.329 e. The van der Waals surface area contributed by atoms with Crippen LogP contribution in [0.5, 0.6) is 0 Å². The first kappa shape index (κ1) is 15.9. The molecule has 3 nitrogen and oxygen atoms in total. The molecule has 3 N–H and O–H groups in total. The molecule has 0 bridgehead atoms. The van der Waals surface area contributed by atoms with E-state index < -0.39 is 0 Å². The predicted molar refractivity (Wildman–Crippen MR) is 79.8 cm³/mol. The molecule has 1 aliphatic rings. The Bertz CT molecular complexity index is 228. The Hall–Kier alpha value is -0.120. The molecule has 0 heterocycles. The van der Waals surface area contributed by atoms with Crippen LogP contribution in [0.2, 0.25) is 0 Å². The maximum Gasteiger partial charge on any atom is 0.0332 e. The Balaban J connectivity index is 2.49. The third kappa shape index (κ3) is 3.69. The highest BCUT2D eigenvalue weighted by Crippen LogP contribution is 2.36. The van der Waals surface area contributed by atoms with E-state index in [-0.39, 0.29) is 5.54 Å². The molecule has 0 aromatic rings.